The third-order valence-electron chi connectivity index (χ3n) is 3.01. The van der Waals surface area contributed by atoms with Gasteiger partial charge in [0.25, 0.3) is 0 Å². The number of para-hydroxylation sites is 1. The average Bonchev–Trinajstić information content (AvgIpc) is 2.69. The first-order chi connectivity index (χ1) is 12.6. The molecule has 2 N–H and O–H groups in total. The number of nitrogens with zero attached hydrogens (tertiary/aromatic N) is 2. The summed E-state index contributed by atoms with van der Waals surface area (Å²) >= 11 is 6.38. The molecule has 0 aliphatic rings. The molecular weight excluding hydrogens is 536 g/mol. The molecule has 0 fully saturated rings. The van der Waals surface area contributed by atoms with E-state index in [9.17, 15) is 4.79 Å². The molecule has 0 heterocycles. The van der Waals surface area contributed by atoms with Gasteiger partial charge >= 0.3 is 76.1 Å². The summed E-state index contributed by atoms with van der Waals surface area (Å²) in [5.41, 5.74) is 6.56. The Kier molecular flexibility index (Phi) is 8.79. The van der Waals surface area contributed by atoms with E-state index in [1.807, 2.05) is 60.7 Å². The van der Waals surface area contributed by atoms with Crippen molar-refractivity contribution in [1.82, 2.24) is 5.43 Å². The fourth-order valence-corrected chi connectivity index (χ4v) is 2.80. The molecule has 0 aromatic heterocycles. The Morgan fingerprint density at radius 2 is 1.42 bits per heavy atom. The van der Waals surface area contributed by atoms with Crippen LogP contribution in [-0.4, -0.2) is 6.03 Å². The molecule has 3 aromatic rings. The van der Waals surface area contributed by atoms with Gasteiger partial charge in [0.15, 0.2) is 0 Å². The van der Waals surface area contributed by atoms with Crippen LogP contribution in [0.4, 0.5) is 16.2 Å². The van der Waals surface area contributed by atoms with Crippen LogP contribution >= 0.6 is 11.6 Å². The summed E-state index contributed by atoms with van der Waals surface area (Å²) in [5.74, 6) is 0. The Bertz CT molecular complexity index is 806. The molecule has 26 heavy (non-hydrogen) atoms. The van der Waals surface area contributed by atoms with Crippen LogP contribution in [0, 0.1) is 0 Å². The maximum atomic E-state index is 11.4. The van der Waals surface area contributed by atoms with E-state index in [1.165, 1.54) is 3.07 Å². The molecule has 3 rings (SSSR count). The summed E-state index contributed by atoms with van der Waals surface area (Å²) in [6, 6.07) is 25.8. The number of hydrogen-bond donors (Lipinski definition) is 2. The molecule has 0 spiro atoms. The first-order valence-corrected chi connectivity index (χ1v) is 10.9. The van der Waals surface area contributed by atoms with Gasteiger partial charge in [-0.3, -0.25) is 5.43 Å². The number of hydrogen-bond acceptors (Lipinski definition) is 3. The van der Waals surface area contributed by atoms with E-state index >= 15 is 0 Å². The molecule has 0 aliphatic carbocycles. The largest absolute Gasteiger partial charge is 0.378 e. The fraction of sp³-hybridized carbons (Fsp3) is 0. The number of rotatable bonds is 3. The van der Waals surface area contributed by atoms with Crippen molar-refractivity contribution in [2.45, 2.75) is 0 Å². The molecule has 0 aliphatic heterocycles. The summed E-state index contributed by atoms with van der Waals surface area (Å²) in [7, 11) is 0. The number of carbonyl (C=O) groups is 1. The number of halogens is 1. The van der Waals surface area contributed by atoms with Crippen LogP contribution in [0.25, 0.3) is 0 Å². The number of hydrazine groups is 1. The van der Waals surface area contributed by atoms with E-state index < -0.39 is 6.03 Å². The van der Waals surface area contributed by atoms with Crippen molar-refractivity contribution in [3.8, 4) is 0 Å². The number of nitrogens with one attached hydrogen (secondary N) is 2. The minimum absolute atomic E-state index is 0.553. The summed E-state index contributed by atoms with van der Waals surface area (Å²) in [6.07, 6.45) is 0. The van der Waals surface area contributed by atoms with Gasteiger partial charge in [-0.1, -0.05) is 41.5 Å². The van der Waals surface area contributed by atoms with Crippen molar-refractivity contribution in [2.75, 3.05) is 5.43 Å². The van der Waals surface area contributed by atoms with Crippen LogP contribution < -0.4 is 13.9 Å². The number of amides is 2. The van der Waals surface area contributed by atoms with Crippen LogP contribution in [0.15, 0.2) is 95.2 Å². The van der Waals surface area contributed by atoms with Gasteiger partial charge in [-0.05, 0) is 24.3 Å². The molecule has 127 valence electrons. The van der Waals surface area contributed by atoms with Gasteiger partial charge in [-0.2, -0.15) is 0 Å². The molecule has 0 unspecified atom stereocenters. The molecule has 0 atom stereocenters. The maximum Gasteiger partial charge on any atom is 0.378 e. The van der Waals surface area contributed by atoms with E-state index in [1.54, 1.807) is 12.1 Å². The second-order valence-corrected chi connectivity index (χ2v) is 8.69. The monoisotopic (exact) mass is 553 g/mol. The Labute approximate surface area is 173 Å². The van der Waals surface area contributed by atoms with Crippen molar-refractivity contribution in [3.05, 3.63) is 90.0 Å². The van der Waals surface area contributed by atoms with Gasteiger partial charge in [0.05, 0.1) is 11.4 Å². The van der Waals surface area contributed by atoms with Gasteiger partial charge < -0.3 is 0 Å². The standard InChI is InChI=1S/C13H12N4O.C6H4Cl.Hg/c18-13(16-14-11-7-3-1-4-8-11)17-15-12-9-5-2-6-10-12;7-6-4-2-1-3-5-6;/h1-10,14H,(H,16,18);2-5H;. The second kappa shape index (κ2) is 11.4. The van der Waals surface area contributed by atoms with E-state index in [-0.39, 0.29) is 0 Å². The van der Waals surface area contributed by atoms with Gasteiger partial charge in [0, 0.05) is 0 Å². The predicted octanol–water partition coefficient (Wildman–Crippen LogP) is 5.02. The topological polar surface area (TPSA) is 65.8 Å². The smallest absolute Gasteiger partial charge is 0.297 e. The Hall–Kier alpha value is -2.24. The van der Waals surface area contributed by atoms with Crippen molar-refractivity contribution < 1.29 is 30.9 Å². The zero-order valence-corrected chi connectivity index (χ0v) is 20.2. The second-order valence-electron chi connectivity index (χ2n) is 5.08. The molecular formula is C19H16ClHgN4O. The molecule has 3 aromatic carbocycles. The first kappa shape index (κ1) is 20.1. The van der Waals surface area contributed by atoms with Crippen molar-refractivity contribution in [1.29, 1.82) is 0 Å². The Balaban J connectivity index is 0.000000254. The number of anilines is 1. The normalized spacial score (nSPS) is 9.96. The predicted molar refractivity (Wildman–Crippen MR) is 101 cm³/mol. The van der Waals surface area contributed by atoms with Crippen LogP contribution in [-0.2, 0) is 26.1 Å². The SMILES string of the molecule is Clc1cc[c]([Hg])cc1.O=C(N=Nc1ccccc1)NNc1ccccc1. The maximum absolute atomic E-state index is 11.4. The van der Waals surface area contributed by atoms with Crippen LogP contribution in [0.3, 0.4) is 0 Å². The van der Waals surface area contributed by atoms with Gasteiger partial charge in [0.2, 0.25) is 0 Å². The molecule has 0 saturated heterocycles. The quantitative estimate of drug-likeness (QED) is 0.273. The molecule has 2 amide bonds. The van der Waals surface area contributed by atoms with Crippen LogP contribution in [0.2, 0.25) is 5.02 Å². The molecule has 5 nitrogen and oxygen atoms in total. The average molecular weight is 552 g/mol. The molecule has 7 heteroatoms. The zero-order valence-electron chi connectivity index (χ0n) is 14.0. The molecule has 0 radical (unpaired) electrons. The third-order valence-corrected chi connectivity index (χ3v) is 5.10. The van der Waals surface area contributed by atoms with Crippen LogP contribution in [0.1, 0.15) is 0 Å². The Morgan fingerprint density at radius 1 is 0.846 bits per heavy atom. The molecule has 0 saturated carbocycles. The Morgan fingerprint density at radius 3 is 2.00 bits per heavy atom. The summed E-state index contributed by atoms with van der Waals surface area (Å²) in [5, 5.41) is 8.15. The van der Waals surface area contributed by atoms with E-state index in [4.69, 9.17) is 11.6 Å². The van der Waals surface area contributed by atoms with Crippen LogP contribution in [0.5, 0.6) is 0 Å². The summed E-state index contributed by atoms with van der Waals surface area (Å²) in [6.45, 7) is 0. The van der Waals surface area contributed by atoms with Gasteiger partial charge in [-0.15, -0.1) is 5.11 Å². The van der Waals surface area contributed by atoms with Gasteiger partial charge in [0.1, 0.15) is 0 Å². The zero-order chi connectivity index (χ0) is 18.6. The van der Waals surface area contributed by atoms with E-state index in [0.717, 1.165) is 36.8 Å². The van der Waals surface area contributed by atoms with Crippen molar-refractivity contribution in [2.24, 2.45) is 10.2 Å². The van der Waals surface area contributed by atoms with Crippen molar-refractivity contribution in [3.63, 3.8) is 0 Å². The number of benzene rings is 3. The van der Waals surface area contributed by atoms with Gasteiger partial charge in [-0.25, -0.2) is 10.2 Å². The van der Waals surface area contributed by atoms with Crippen molar-refractivity contribution >= 4 is 32.1 Å². The number of azo groups is 1. The third kappa shape index (κ3) is 8.22. The minimum Gasteiger partial charge on any atom is -0.297 e. The fourth-order valence-electron chi connectivity index (χ4n) is 1.75. The molecule has 0 bridgehead atoms. The van der Waals surface area contributed by atoms with E-state index in [0.29, 0.717) is 5.69 Å². The minimum atomic E-state index is -0.553. The summed E-state index contributed by atoms with van der Waals surface area (Å²) in [4.78, 5) is 11.4. The summed E-state index contributed by atoms with van der Waals surface area (Å²) < 4.78 is 1.44. The number of urea groups is 1. The van der Waals surface area contributed by atoms with E-state index in [2.05, 4.69) is 33.2 Å². The number of carbonyl (C=O) groups excluding carboxylic acids is 1. The first-order valence-electron chi connectivity index (χ1n) is 7.79.